The Morgan fingerprint density at radius 1 is 1.25 bits per heavy atom. The van der Waals surface area contributed by atoms with Crippen LogP contribution in [0.1, 0.15) is 39.0 Å². The maximum Gasteiger partial charge on any atom is 0.228 e. The van der Waals surface area contributed by atoms with E-state index in [0.717, 1.165) is 45.4 Å². The highest BCUT2D eigenvalue weighted by Gasteiger charge is 2.41. The molecule has 0 unspecified atom stereocenters. The number of piperazine rings is 1. The molecule has 0 aromatic rings. The summed E-state index contributed by atoms with van der Waals surface area (Å²) >= 11 is 0. The Bertz CT molecular complexity index is 233. The van der Waals surface area contributed by atoms with Crippen LogP contribution in [0.25, 0.3) is 0 Å². The molecule has 16 heavy (non-hydrogen) atoms. The summed E-state index contributed by atoms with van der Waals surface area (Å²) in [5.74, 6) is 0.434. The van der Waals surface area contributed by atoms with Gasteiger partial charge < -0.3 is 10.2 Å². The molecule has 1 N–H and O–H groups in total. The number of halogens is 1. The van der Waals surface area contributed by atoms with E-state index >= 15 is 0 Å². The van der Waals surface area contributed by atoms with E-state index in [4.69, 9.17) is 0 Å². The molecule has 1 heterocycles. The zero-order chi connectivity index (χ0) is 10.7. The van der Waals surface area contributed by atoms with Gasteiger partial charge in [0.1, 0.15) is 0 Å². The number of hydrogen-bond donors (Lipinski definition) is 1. The SMILES string of the molecule is CCC1(C(=O)N2CCNCC2)CCCC1.Cl. The topological polar surface area (TPSA) is 32.3 Å². The molecule has 3 nitrogen and oxygen atoms in total. The van der Waals surface area contributed by atoms with Crippen LogP contribution in [0.5, 0.6) is 0 Å². The molecule has 1 aliphatic heterocycles. The fourth-order valence-electron chi connectivity index (χ4n) is 2.97. The summed E-state index contributed by atoms with van der Waals surface area (Å²) < 4.78 is 0. The van der Waals surface area contributed by atoms with Crippen molar-refractivity contribution < 1.29 is 4.79 Å². The number of carbonyl (C=O) groups excluding carboxylic acids is 1. The molecular formula is C12H23ClN2O. The lowest BCUT2D eigenvalue weighted by atomic mass is 9.81. The highest BCUT2D eigenvalue weighted by molar-refractivity contribution is 5.85. The van der Waals surface area contributed by atoms with Crippen molar-refractivity contribution in [2.45, 2.75) is 39.0 Å². The third kappa shape index (κ3) is 2.51. The molecule has 1 saturated carbocycles. The fourth-order valence-corrected chi connectivity index (χ4v) is 2.97. The molecule has 1 aliphatic carbocycles. The molecule has 0 aromatic heterocycles. The van der Waals surface area contributed by atoms with Gasteiger partial charge in [0.2, 0.25) is 5.91 Å². The molecule has 2 aliphatic rings. The first-order chi connectivity index (χ1) is 7.28. The molecule has 1 amide bonds. The van der Waals surface area contributed by atoms with Crippen molar-refractivity contribution in [3.05, 3.63) is 0 Å². The van der Waals surface area contributed by atoms with Gasteiger partial charge in [-0.15, -0.1) is 12.4 Å². The number of nitrogens with one attached hydrogen (secondary N) is 1. The standard InChI is InChI=1S/C12H22N2O.ClH/c1-2-12(5-3-4-6-12)11(15)14-9-7-13-8-10-14;/h13H,2-10H2,1H3;1H. The summed E-state index contributed by atoms with van der Waals surface area (Å²) in [6.07, 6.45) is 5.74. The molecule has 1 saturated heterocycles. The van der Waals surface area contributed by atoms with E-state index < -0.39 is 0 Å². The lowest BCUT2D eigenvalue weighted by molar-refractivity contribution is -0.142. The van der Waals surface area contributed by atoms with Crippen LogP contribution in [0.3, 0.4) is 0 Å². The molecule has 0 aromatic carbocycles. The second kappa shape index (κ2) is 5.87. The summed E-state index contributed by atoms with van der Waals surface area (Å²) in [6.45, 7) is 5.91. The summed E-state index contributed by atoms with van der Waals surface area (Å²) in [5.41, 5.74) is 0.0113. The van der Waals surface area contributed by atoms with E-state index in [1.807, 2.05) is 0 Å². The smallest absolute Gasteiger partial charge is 0.228 e. The molecule has 0 atom stereocenters. The predicted octanol–water partition coefficient (Wildman–Crippen LogP) is 1.81. The van der Waals surface area contributed by atoms with Crippen LogP contribution in [0.15, 0.2) is 0 Å². The Hall–Kier alpha value is -0.280. The molecule has 0 spiro atoms. The second-order valence-electron chi connectivity index (χ2n) is 4.88. The average molecular weight is 247 g/mol. The van der Waals surface area contributed by atoms with Crippen molar-refractivity contribution in [1.82, 2.24) is 10.2 Å². The predicted molar refractivity (Wildman–Crippen MR) is 67.9 cm³/mol. The summed E-state index contributed by atoms with van der Waals surface area (Å²) in [6, 6.07) is 0. The maximum absolute atomic E-state index is 12.5. The third-order valence-electron chi connectivity index (χ3n) is 4.10. The Labute approximate surface area is 104 Å². The van der Waals surface area contributed by atoms with E-state index in [0.29, 0.717) is 5.91 Å². The number of rotatable bonds is 2. The molecule has 0 bridgehead atoms. The summed E-state index contributed by atoms with van der Waals surface area (Å²) in [4.78, 5) is 14.5. The van der Waals surface area contributed by atoms with Crippen molar-refractivity contribution >= 4 is 18.3 Å². The molecule has 4 heteroatoms. The van der Waals surface area contributed by atoms with Gasteiger partial charge in [0.05, 0.1) is 0 Å². The van der Waals surface area contributed by atoms with E-state index in [9.17, 15) is 4.79 Å². The number of hydrogen-bond acceptors (Lipinski definition) is 2. The van der Waals surface area contributed by atoms with Crippen LogP contribution in [0, 0.1) is 5.41 Å². The van der Waals surface area contributed by atoms with E-state index in [2.05, 4.69) is 17.1 Å². The van der Waals surface area contributed by atoms with Gasteiger partial charge in [-0.25, -0.2) is 0 Å². The molecular weight excluding hydrogens is 224 g/mol. The first-order valence-corrected chi connectivity index (χ1v) is 6.29. The highest BCUT2D eigenvalue weighted by Crippen LogP contribution is 2.42. The maximum atomic E-state index is 12.5. The van der Waals surface area contributed by atoms with Crippen molar-refractivity contribution in [2.24, 2.45) is 5.41 Å². The van der Waals surface area contributed by atoms with Crippen molar-refractivity contribution in [3.8, 4) is 0 Å². The molecule has 0 radical (unpaired) electrons. The second-order valence-corrected chi connectivity index (χ2v) is 4.88. The van der Waals surface area contributed by atoms with Crippen LogP contribution in [-0.2, 0) is 4.79 Å². The Balaban J connectivity index is 0.00000128. The number of amides is 1. The van der Waals surface area contributed by atoms with Crippen LogP contribution in [0.4, 0.5) is 0 Å². The molecule has 94 valence electrons. The minimum Gasteiger partial charge on any atom is -0.340 e. The fraction of sp³-hybridized carbons (Fsp3) is 0.917. The minimum absolute atomic E-state index is 0. The first-order valence-electron chi connectivity index (χ1n) is 6.29. The zero-order valence-electron chi connectivity index (χ0n) is 10.1. The lowest BCUT2D eigenvalue weighted by Crippen LogP contribution is -2.51. The summed E-state index contributed by atoms with van der Waals surface area (Å²) in [7, 11) is 0. The Kier molecular flexibility index (Phi) is 5.06. The minimum atomic E-state index is 0. The van der Waals surface area contributed by atoms with Crippen LogP contribution in [-0.4, -0.2) is 37.0 Å². The molecule has 2 fully saturated rings. The van der Waals surface area contributed by atoms with Crippen LogP contribution < -0.4 is 5.32 Å². The van der Waals surface area contributed by atoms with E-state index in [1.54, 1.807) is 0 Å². The van der Waals surface area contributed by atoms with Crippen LogP contribution >= 0.6 is 12.4 Å². The Morgan fingerprint density at radius 2 is 1.81 bits per heavy atom. The zero-order valence-corrected chi connectivity index (χ0v) is 10.9. The number of nitrogens with zero attached hydrogens (tertiary/aromatic N) is 1. The quantitative estimate of drug-likeness (QED) is 0.806. The highest BCUT2D eigenvalue weighted by atomic mass is 35.5. The number of carbonyl (C=O) groups is 1. The Morgan fingerprint density at radius 3 is 2.31 bits per heavy atom. The van der Waals surface area contributed by atoms with E-state index in [1.165, 1.54) is 12.8 Å². The monoisotopic (exact) mass is 246 g/mol. The first kappa shape index (κ1) is 13.8. The summed E-state index contributed by atoms with van der Waals surface area (Å²) in [5, 5.41) is 3.30. The third-order valence-corrected chi connectivity index (χ3v) is 4.10. The lowest BCUT2D eigenvalue weighted by Gasteiger charge is -2.36. The largest absolute Gasteiger partial charge is 0.340 e. The van der Waals surface area contributed by atoms with Gasteiger partial charge in [-0.2, -0.15) is 0 Å². The van der Waals surface area contributed by atoms with Gasteiger partial charge >= 0.3 is 0 Å². The normalized spacial score (nSPS) is 23.9. The molecule has 2 rings (SSSR count). The van der Waals surface area contributed by atoms with Gasteiger partial charge in [0.25, 0.3) is 0 Å². The van der Waals surface area contributed by atoms with Gasteiger partial charge in [-0.1, -0.05) is 19.8 Å². The van der Waals surface area contributed by atoms with Crippen molar-refractivity contribution in [2.75, 3.05) is 26.2 Å². The van der Waals surface area contributed by atoms with E-state index in [-0.39, 0.29) is 17.8 Å². The average Bonchev–Trinajstić information content (AvgIpc) is 2.79. The van der Waals surface area contributed by atoms with Gasteiger partial charge in [-0.3, -0.25) is 4.79 Å². The van der Waals surface area contributed by atoms with Crippen LogP contribution in [0.2, 0.25) is 0 Å². The van der Waals surface area contributed by atoms with Crippen molar-refractivity contribution in [1.29, 1.82) is 0 Å². The van der Waals surface area contributed by atoms with Crippen molar-refractivity contribution in [3.63, 3.8) is 0 Å². The van der Waals surface area contributed by atoms with Gasteiger partial charge in [0.15, 0.2) is 0 Å². The van der Waals surface area contributed by atoms with Gasteiger partial charge in [-0.05, 0) is 19.3 Å². The van der Waals surface area contributed by atoms with Gasteiger partial charge in [0, 0.05) is 31.6 Å².